The summed E-state index contributed by atoms with van der Waals surface area (Å²) in [5.74, 6) is 1.31. The SMILES string of the molecule is C=C(OC(C)(C)C)N1CCC(CC=O)CC1. The Morgan fingerprint density at radius 2 is 2.00 bits per heavy atom. The minimum Gasteiger partial charge on any atom is -0.474 e. The summed E-state index contributed by atoms with van der Waals surface area (Å²) >= 11 is 0. The summed E-state index contributed by atoms with van der Waals surface area (Å²) in [7, 11) is 0. The third-order valence-corrected chi connectivity index (χ3v) is 2.82. The smallest absolute Gasteiger partial charge is 0.182 e. The van der Waals surface area contributed by atoms with Crippen LogP contribution in [0.1, 0.15) is 40.0 Å². The van der Waals surface area contributed by atoms with Crippen molar-refractivity contribution in [3.8, 4) is 0 Å². The van der Waals surface area contributed by atoms with Gasteiger partial charge in [0.1, 0.15) is 11.9 Å². The monoisotopic (exact) mass is 225 g/mol. The molecule has 0 atom stereocenters. The number of aldehydes is 1. The summed E-state index contributed by atoms with van der Waals surface area (Å²) in [4.78, 5) is 12.6. The molecule has 0 amide bonds. The van der Waals surface area contributed by atoms with Gasteiger partial charge in [0.2, 0.25) is 0 Å². The maximum Gasteiger partial charge on any atom is 0.182 e. The van der Waals surface area contributed by atoms with E-state index in [4.69, 9.17) is 4.74 Å². The fourth-order valence-corrected chi connectivity index (χ4v) is 1.97. The summed E-state index contributed by atoms with van der Waals surface area (Å²) < 4.78 is 5.73. The van der Waals surface area contributed by atoms with Crippen LogP contribution < -0.4 is 0 Å². The summed E-state index contributed by atoms with van der Waals surface area (Å²) in [6.45, 7) is 11.9. The first-order chi connectivity index (χ1) is 7.42. The first-order valence-electron chi connectivity index (χ1n) is 5.99. The van der Waals surface area contributed by atoms with Crippen molar-refractivity contribution in [2.75, 3.05) is 13.1 Å². The van der Waals surface area contributed by atoms with Gasteiger partial charge in [0.15, 0.2) is 5.88 Å². The number of carbonyl (C=O) groups excluding carboxylic acids is 1. The summed E-state index contributed by atoms with van der Waals surface area (Å²) in [5.41, 5.74) is -0.184. The highest BCUT2D eigenvalue weighted by atomic mass is 16.5. The van der Waals surface area contributed by atoms with E-state index in [0.717, 1.165) is 38.1 Å². The van der Waals surface area contributed by atoms with Gasteiger partial charge in [-0.1, -0.05) is 0 Å². The normalized spacial score (nSPS) is 18.3. The largest absolute Gasteiger partial charge is 0.474 e. The van der Waals surface area contributed by atoms with Crippen molar-refractivity contribution in [2.24, 2.45) is 5.92 Å². The fourth-order valence-electron chi connectivity index (χ4n) is 1.97. The molecule has 0 aliphatic carbocycles. The molecular formula is C13H23NO2. The van der Waals surface area contributed by atoms with Gasteiger partial charge in [0, 0.05) is 19.5 Å². The highest BCUT2D eigenvalue weighted by molar-refractivity contribution is 5.49. The Bertz CT molecular complexity index is 247. The number of nitrogens with zero attached hydrogens (tertiary/aromatic N) is 1. The van der Waals surface area contributed by atoms with Crippen molar-refractivity contribution in [1.82, 2.24) is 4.90 Å². The zero-order valence-corrected chi connectivity index (χ0v) is 10.7. The van der Waals surface area contributed by atoms with Crippen LogP contribution in [0.4, 0.5) is 0 Å². The number of likely N-dealkylation sites (tertiary alicyclic amines) is 1. The molecule has 3 heteroatoms. The molecule has 0 unspecified atom stereocenters. The lowest BCUT2D eigenvalue weighted by Crippen LogP contribution is -2.36. The lowest BCUT2D eigenvalue weighted by Gasteiger charge is -2.36. The zero-order chi connectivity index (χ0) is 12.2. The Kier molecular flexibility index (Phi) is 4.39. The van der Waals surface area contributed by atoms with E-state index >= 15 is 0 Å². The molecule has 1 saturated heterocycles. The number of ether oxygens (including phenoxy) is 1. The van der Waals surface area contributed by atoms with Gasteiger partial charge in [-0.25, -0.2) is 0 Å². The van der Waals surface area contributed by atoms with Gasteiger partial charge in [0.05, 0.1) is 0 Å². The molecule has 1 heterocycles. The van der Waals surface area contributed by atoms with Gasteiger partial charge in [-0.3, -0.25) is 0 Å². The van der Waals surface area contributed by atoms with Crippen LogP contribution in [0.3, 0.4) is 0 Å². The van der Waals surface area contributed by atoms with Crippen molar-refractivity contribution in [2.45, 2.75) is 45.6 Å². The number of piperidine rings is 1. The second-order valence-corrected chi connectivity index (χ2v) is 5.44. The van der Waals surface area contributed by atoms with Crippen LogP contribution in [0.2, 0.25) is 0 Å². The van der Waals surface area contributed by atoms with E-state index in [1.54, 1.807) is 0 Å². The molecule has 0 radical (unpaired) electrons. The minimum atomic E-state index is -0.184. The molecule has 0 spiro atoms. The summed E-state index contributed by atoms with van der Waals surface area (Å²) in [5, 5.41) is 0. The maximum absolute atomic E-state index is 10.4. The van der Waals surface area contributed by atoms with Crippen molar-refractivity contribution in [1.29, 1.82) is 0 Å². The first-order valence-corrected chi connectivity index (χ1v) is 5.99. The van der Waals surface area contributed by atoms with Crippen LogP contribution in [0.15, 0.2) is 12.5 Å². The van der Waals surface area contributed by atoms with Crippen LogP contribution >= 0.6 is 0 Å². The molecule has 0 aromatic rings. The van der Waals surface area contributed by atoms with E-state index < -0.39 is 0 Å². The lowest BCUT2D eigenvalue weighted by atomic mass is 9.94. The van der Waals surface area contributed by atoms with E-state index in [2.05, 4.69) is 11.5 Å². The molecule has 3 nitrogen and oxygen atoms in total. The minimum absolute atomic E-state index is 0.184. The molecule has 0 bridgehead atoms. The predicted molar refractivity (Wildman–Crippen MR) is 65.0 cm³/mol. The van der Waals surface area contributed by atoms with Crippen molar-refractivity contribution in [3.05, 3.63) is 12.5 Å². The highest BCUT2D eigenvalue weighted by Gasteiger charge is 2.22. The Morgan fingerprint density at radius 1 is 1.44 bits per heavy atom. The second-order valence-electron chi connectivity index (χ2n) is 5.44. The number of carbonyl (C=O) groups is 1. The van der Waals surface area contributed by atoms with Crippen LogP contribution in [0, 0.1) is 5.92 Å². The third-order valence-electron chi connectivity index (χ3n) is 2.82. The molecular weight excluding hydrogens is 202 g/mol. The van der Waals surface area contributed by atoms with Crippen LogP contribution in [-0.4, -0.2) is 29.9 Å². The molecule has 0 N–H and O–H groups in total. The van der Waals surface area contributed by atoms with E-state index in [-0.39, 0.29) is 5.60 Å². The summed E-state index contributed by atoms with van der Waals surface area (Å²) in [6.07, 6.45) is 3.85. The van der Waals surface area contributed by atoms with Crippen molar-refractivity contribution >= 4 is 6.29 Å². The molecule has 0 aromatic heterocycles. The zero-order valence-electron chi connectivity index (χ0n) is 10.7. The topological polar surface area (TPSA) is 29.5 Å². The molecule has 92 valence electrons. The van der Waals surface area contributed by atoms with Crippen molar-refractivity contribution < 1.29 is 9.53 Å². The Labute approximate surface area is 98.5 Å². The standard InChI is InChI=1S/C13H23NO2/c1-11(16-13(2,3)4)14-8-5-12(6-9-14)7-10-15/h10,12H,1,5-9H2,2-4H3. The highest BCUT2D eigenvalue weighted by Crippen LogP contribution is 2.24. The second kappa shape index (κ2) is 5.37. The van der Waals surface area contributed by atoms with Gasteiger partial charge >= 0.3 is 0 Å². The van der Waals surface area contributed by atoms with Gasteiger partial charge in [-0.2, -0.15) is 0 Å². The third kappa shape index (κ3) is 4.25. The first kappa shape index (κ1) is 13.1. The van der Waals surface area contributed by atoms with Gasteiger partial charge < -0.3 is 14.4 Å². The lowest BCUT2D eigenvalue weighted by molar-refractivity contribution is -0.108. The molecule has 16 heavy (non-hydrogen) atoms. The van der Waals surface area contributed by atoms with Crippen LogP contribution in [-0.2, 0) is 9.53 Å². The Morgan fingerprint density at radius 3 is 2.44 bits per heavy atom. The van der Waals surface area contributed by atoms with Crippen LogP contribution in [0.25, 0.3) is 0 Å². The number of hydrogen-bond donors (Lipinski definition) is 0. The molecule has 0 saturated carbocycles. The van der Waals surface area contributed by atoms with Crippen molar-refractivity contribution in [3.63, 3.8) is 0 Å². The quantitative estimate of drug-likeness (QED) is 0.544. The van der Waals surface area contributed by atoms with E-state index in [1.165, 1.54) is 0 Å². The van der Waals surface area contributed by atoms with E-state index in [1.807, 2.05) is 20.8 Å². The maximum atomic E-state index is 10.4. The molecule has 1 fully saturated rings. The average molecular weight is 225 g/mol. The van der Waals surface area contributed by atoms with Gasteiger partial charge in [-0.05, 0) is 46.1 Å². The Hall–Kier alpha value is -0.990. The number of hydrogen-bond acceptors (Lipinski definition) is 3. The van der Waals surface area contributed by atoms with E-state index in [0.29, 0.717) is 12.3 Å². The van der Waals surface area contributed by atoms with Crippen LogP contribution in [0.5, 0.6) is 0 Å². The fraction of sp³-hybridized carbons (Fsp3) is 0.769. The summed E-state index contributed by atoms with van der Waals surface area (Å²) in [6, 6.07) is 0. The molecule has 0 aromatic carbocycles. The predicted octanol–water partition coefficient (Wildman–Crippen LogP) is 2.57. The molecule has 1 aliphatic heterocycles. The number of rotatable bonds is 4. The Balaban J connectivity index is 2.36. The van der Waals surface area contributed by atoms with Gasteiger partial charge in [0.25, 0.3) is 0 Å². The van der Waals surface area contributed by atoms with E-state index in [9.17, 15) is 4.79 Å². The van der Waals surface area contributed by atoms with Gasteiger partial charge in [-0.15, -0.1) is 0 Å². The average Bonchev–Trinajstić information content (AvgIpc) is 2.16. The molecule has 1 aliphatic rings. The molecule has 1 rings (SSSR count).